The van der Waals surface area contributed by atoms with Crippen LogP contribution in [0.3, 0.4) is 0 Å². The number of hydrogen-bond donors (Lipinski definition) is 1. The molecule has 7 heteroatoms. The van der Waals surface area contributed by atoms with Gasteiger partial charge in [0.1, 0.15) is 5.01 Å². The van der Waals surface area contributed by atoms with E-state index in [0.717, 1.165) is 38.5 Å². The molecule has 33 heavy (non-hydrogen) atoms. The van der Waals surface area contributed by atoms with Gasteiger partial charge in [-0.15, -0.1) is 11.3 Å². The number of anilines is 1. The number of hydrazone groups is 1. The van der Waals surface area contributed by atoms with Crippen LogP contribution in [-0.2, 0) is 9.59 Å². The van der Waals surface area contributed by atoms with Gasteiger partial charge in [0.05, 0.1) is 28.2 Å². The van der Waals surface area contributed by atoms with E-state index in [1.165, 1.54) is 5.01 Å². The van der Waals surface area contributed by atoms with Gasteiger partial charge < -0.3 is 5.32 Å². The number of nitrogens with zero attached hydrogens (tertiary/aromatic N) is 3. The average molecular weight is 455 g/mol. The molecule has 0 saturated carbocycles. The second-order valence-electron chi connectivity index (χ2n) is 7.76. The molecule has 1 N–H and O–H groups in total. The van der Waals surface area contributed by atoms with Crippen LogP contribution in [0.15, 0.2) is 84.0 Å². The highest BCUT2D eigenvalue weighted by Crippen LogP contribution is 2.34. The molecule has 5 rings (SSSR count). The van der Waals surface area contributed by atoms with E-state index in [2.05, 4.69) is 10.4 Å². The minimum absolute atomic E-state index is 0.0969. The summed E-state index contributed by atoms with van der Waals surface area (Å²) in [4.78, 5) is 29.9. The lowest BCUT2D eigenvalue weighted by molar-refractivity contribution is -0.132. The van der Waals surface area contributed by atoms with Crippen LogP contribution in [0.4, 0.5) is 5.69 Å². The average Bonchev–Trinajstić information content (AvgIpc) is 3.51. The molecule has 4 aromatic rings. The van der Waals surface area contributed by atoms with E-state index in [1.54, 1.807) is 11.3 Å². The van der Waals surface area contributed by atoms with Gasteiger partial charge in [0.15, 0.2) is 0 Å². The summed E-state index contributed by atoms with van der Waals surface area (Å²) in [5, 5.41) is 9.74. The molecule has 2 heterocycles. The summed E-state index contributed by atoms with van der Waals surface area (Å²) in [6.45, 7) is 0.547. The van der Waals surface area contributed by atoms with E-state index in [0.29, 0.717) is 12.2 Å². The summed E-state index contributed by atoms with van der Waals surface area (Å²) in [5.74, 6) is -0.348. The van der Waals surface area contributed by atoms with Crippen LogP contribution in [-0.4, -0.2) is 34.1 Å². The third-order valence-electron chi connectivity index (χ3n) is 5.49. The fourth-order valence-corrected chi connectivity index (χ4v) is 4.80. The van der Waals surface area contributed by atoms with Crippen LogP contribution >= 0.6 is 11.3 Å². The predicted molar refractivity (Wildman–Crippen MR) is 132 cm³/mol. The molecule has 1 aliphatic heterocycles. The highest BCUT2D eigenvalue weighted by Gasteiger charge is 2.22. The van der Waals surface area contributed by atoms with E-state index < -0.39 is 0 Å². The number of fused-ring (bicyclic) bond motifs is 1. The molecule has 0 aliphatic carbocycles. The third kappa shape index (κ3) is 4.68. The van der Waals surface area contributed by atoms with Crippen molar-refractivity contribution in [2.24, 2.45) is 5.10 Å². The van der Waals surface area contributed by atoms with Gasteiger partial charge >= 0.3 is 0 Å². The first-order chi connectivity index (χ1) is 16.2. The number of para-hydroxylation sites is 2. The maximum atomic E-state index is 12.6. The number of rotatable bonds is 6. The molecule has 0 atom stereocenters. The number of benzene rings is 3. The minimum atomic E-state index is -0.205. The van der Waals surface area contributed by atoms with E-state index in [1.807, 2.05) is 78.9 Å². The Labute approximate surface area is 195 Å². The number of thiazole rings is 1. The van der Waals surface area contributed by atoms with Crippen molar-refractivity contribution >= 4 is 44.8 Å². The van der Waals surface area contributed by atoms with Gasteiger partial charge in [0.2, 0.25) is 11.8 Å². The molecule has 6 nitrogen and oxygen atoms in total. The van der Waals surface area contributed by atoms with E-state index >= 15 is 0 Å². The van der Waals surface area contributed by atoms with E-state index in [4.69, 9.17) is 4.98 Å². The summed E-state index contributed by atoms with van der Waals surface area (Å²) in [7, 11) is 0. The molecular formula is C26H22N4O2S. The molecule has 2 amide bonds. The second kappa shape index (κ2) is 9.34. The van der Waals surface area contributed by atoms with Crippen LogP contribution in [0.1, 0.15) is 24.8 Å². The summed E-state index contributed by atoms with van der Waals surface area (Å²) in [6.07, 6.45) is 0.928. The Morgan fingerprint density at radius 1 is 0.909 bits per heavy atom. The molecule has 0 fully saturated rings. The fraction of sp³-hybridized carbons (Fsp3) is 0.154. The number of carbonyl (C=O) groups excluding carboxylic acids is 2. The summed E-state index contributed by atoms with van der Waals surface area (Å²) in [6, 6.07) is 25.4. The van der Waals surface area contributed by atoms with Gasteiger partial charge in [-0.25, -0.2) is 9.99 Å². The van der Waals surface area contributed by atoms with Crippen molar-refractivity contribution in [2.75, 3.05) is 11.9 Å². The lowest BCUT2D eigenvalue weighted by Crippen LogP contribution is -2.25. The molecular weight excluding hydrogens is 432 g/mol. The normalized spacial score (nSPS) is 13.2. The number of aromatic nitrogens is 1. The van der Waals surface area contributed by atoms with Crippen molar-refractivity contribution in [3.63, 3.8) is 0 Å². The highest BCUT2D eigenvalue weighted by molar-refractivity contribution is 7.21. The number of amides is 2. The molecule has 0 unspecified atom stereocenters. The van der Waals surface area contributed by atoms with Crippen molar-refractivity contribution in [1.82, 2.24) is 9.99 Å². The molecule has 0 radical (unpaired) electrons. The fourth-order valence-electron chi connectivity index (χ4n) is 3.80. The minimum Gasteiger partial charge on any atom is -0.325 e. The van der Waals surface area contributed by atoms with Crippen molar-refractivity contribution in [3.8, 4) is 10.6 Å². The first-order valence-electron chi connectivity index (χ1n) is 10.9. The smallest absolute Gasteiger partial charge is 0.243 e. The monoisotopic (exact) mass is 454 g/mol. The second-order valence-corrected chi connectivity index (χ2v) is 8.79. The molecule has 1 aromatic heterocycles. The van der Waals surface area contributed by atoms with Gasteiger partial charge in [0.25, 0.3) is 0 Å². The third-order valence-corrected chi connectivity index (χ3v) is 6.56. The zero-order valence-corrected chi connectivity index (χ0v) is 18.7. The van der Waals surface area contributed by atoms with Crippen molar-refractivity contribution in [3.05, 3.63) is 84.4 Å². The summed E-state index contributed by atoms with van der Waals surface area (Å²) < 4.78 is 1.10. The molecule has 164 valence electrons. The Balaban J connectivity index is 1.22. The zero-order valence-electron chi connectivity index (χ0n) is 17.9. The van der Waals surface area contributed by atoms with Crippen LogP contribution in [0.25, 0.3) is 20.8 Å². The van der Waals surface area contributed by atoms with Crippen LogP contribution < -0.4 is 5.32 Å². The molecule has 0 spiro atoms. The van der Waals surface area contributed by atoms with Gasteiger partial charge in [0, 0.05) is 24.8 Å². The van der Waals surface area contributed by atoms with Crippen molar-refractivity contribution < 1.29 is 9.59 Å². The standard InChI is InChI=1S/C26H22N4O2S/c31-24(14-15-25(32)30-17-16-20(29-30)18-8-2-1-3-9-18)27-21-11-5-4-10-19(21)26-28-22-12-6-7-13-23(22)33-26/h1-13H,14-17H2,(H,27,31). The Morgan fingerprint density at radius 3 is 2.52 bits per heavy atom. The van der Waals surface area contributed by atoms with E-state index in [-0.39, 0.29) is 24.7 Å². The number of nitrogens with one attached hydrogen (secondary N) is 1. The Bertz CT molecular complexity index is 1310. The Kier molecular flexibility index (Phi) is 5.95. The quantitative estimate of drug-likeness (QED) is 0.429. The predicted octanol–water partition coefficient (Wildman–Crippen LogP) is 5.32. The zero-order chi connectivity index (χ0) is 22.6. The van der Waals surface area contributed by atoms with Crippen molar-refractivity contribution in [2.45, 2.75) is 19.3 Å². The van der Waals surface area contributed by atoms with Gasteiger partial charge in [-0.2, -0.15) is 5.10 Å². The first-order valence-corrected chi connectivity index (χ1v) is 11.7. The lowest BCUT2D eigenvalue weighted by Gasteiger charge is -2.12. The molecule has 0 bridgehead atoms. The maximum absolute atomic E-state index is 12.6. The van der Waals surface area contributed by atoms with E-state index in [9.17, 15) is 9.59 Å². The molecule has 3 aromatic carbocycles. The number of carbonyl (C=O) groups is 2. The summed E-state index contributed by atoms with van der Waals surface area (Å²) >= 11 is 1.59. The van der Waals surface area contributed by atoms with Gasteiger partial charge in [-0.05, 0) is 29.8 Å². The maximum Gasteiger partial charge on any atom is 0.243 e. The molecule has 0 saturated heterocycles. The number of hydrogen-bond acceptors (Lipinski definition) is 5. The van der Waals surface area contributed by atoms with Gasteiger partial charge in [-0.1, -0.05) is 54.6 Å². The topological polar surface area (TPSA) is 74.7 Å². The summed E-state index contributed by atoms with van der Waals surface area (Å²) in [5.41, 5.74) is 4.43. The first kappa shape index (κ1) is 21.0. The Morgan fingerprint density at radius 2 is 1.67 bits per heavy atom. The SMILES string of the molecule is O=C(CCC(=O)N1CCC(c2ccccc2)=N1)Nc1ccccc1-c1nc2ccccc2s1. The molecule has 1 aliphatic rings. The van der Waals surface area contributed by atoms with Crippen LogP contribution in [0.2, 0.25) is 0 Å². The van der Waals surface area contributed by atoms with Crippen molar-refractivity contribution in [1.29, 1.82) is 0 Å². The van der Waals surface area contributed by atoms with Crippen LogP contribution in [0, 0.1) is 0 Å². The van der Waals surface area contributed by atoms with Gasteiger partial charge in [-0.3, -0.25) is 9.59 Å². The highest BCUT2D eigenvalue weighted by atomic mass is 32.1. The van der Waals surface area contributed by atoms with Crippen LogP contribution in [0.5, 0.6) is 0 Å². The largest absolute Gasteiger partial charge is 0.325 e. The Hall–Kier alpha value is -3.84. The lowest BCUT2D eigenvalue weighted by atomic mass is 10.1.